The maximum absolute atomic E-state index is 12.1. The zero-order valence-corrected chi connectivity index (χ0v) is 8.23. The first-order valence-electron chi connectivity index (χ1n) is 2.57. The lowest BCUT2D eigenvalue weighted by Crippen LogP contribution is -1.94. The molecule has 0 aliphatic rings. The Labute approximate surface area is 78.3 Å². The van der Waals surface area contributed by atoms with Gasteiger partial charge in [-0.3, -0.25) is 0 Å². The largest absolute Gasteiger partial charge is 0.283 e. The van der Waals surface area contributed by atoms with E-state index in [-0.39, 0.29) is 10.3 Å². The number of nitrogens with zero attached hydrogens (tertiary/aromatic N) is 2. The number of alkyl halides is 2. The Morgan fingerprint density at radius 3 is 2.45 bits per heavy atom. The van der Waals surface area contributed by atoms with Crippen LogP contribution >= 0.6 is 31.9 Å². The van der Waals surface area contributed by atoms with E-state index in [0.29, 0.717) is 4.60 Å². The second kappa shape index (κ2) is 3.53. The van der Waals surface area contributed by atoms with E-state index >= 15 is 0 Å². The van der Waals surface area contributed by atoms with Crippen molar-refractivity contribution in [3.8, 4) is 0 Å². The molecule has 0 saturated heterocycles. The minimum absolute atomic E-state index is 0.0794. The Morgan fingerprint density at radius 1 is 1.36 bits per heavy atom. The molecule has 0 aliphatic carbocycles. The van der Waals surface area contributed by atoms with Gasteiger partial charge >= 0.3 is 0 Å². The molecule has 11 heavy (non-hydrogen) atoms. The first-order valence-corrected chi connectivity index (χ1v) is 4.16. The molecular weight excluding hydrogens is 286 g/mol. The minimum atomic E-state index is -2.60. The molecule has 6 heteroatoms. The molecule has 0 unspecified atom stereocenters. The van der Waals surface area contributed by atoms with Crippen LogP contribution in [0.4, 0.5) is 8.78 Å². The van der Waals surface area contributed by atoms with Gasteiger partial charge < -0.3 is 0 Å². The van der Waals surface area contributed by atoms with Crippen molar-refractivity contribution in [2.45, 2.75) is 6.43 Å². The first-order chi connectivity index (χ1) is 5.11. The van der Waals surface area contributed by atoms with Crippen molar-refractivity contribution in [1.29, 1.82) is 0 Å². The summed E-state index contributed by atoms with van der Waals surface area (Å²) in [6.07, 6.45) is -1.26. The van der Waals surface area contributed by atoms with E-state index in [1.807, 2.05) is 0 Å². The van der Waals surface area contributed by atoms with Crippen LogP contribution in [0.15, 0.2) is 15.4 Å². The van der Waals surface area contributed by atoms with Gasteiger partial charge in [-0.25, -0.2) is 18.7 Å². The fraction of sp³-hybridized carbons (Fsp3) is 0.200. The normalized spacial score (nSPS) is 10.6. The van der Waals surface area contributed by atoms with E-state index < -0.39 is 6.43 Å². The number of hydrogen-bond acceptors (Lipinski definition) is 2. The van der Waals surface area contributed by atoms with Gasteiger partial charge in [0.15, 0.2) is 0 Å². The van der Waals surface area contributed by atoms with Crippen LogP contribution < -0.4 is 0 Å². The van der Waals surface area contributed by atoms with Crippen LogP contribution in [0.25, 0.3) is 0 Å². The second-order valence-corrected chi connectivity index (χ2v) is 3.23. The van der Waals surface area contributed by atoms with Crippen molar-refractivity contribution in [2.24, 2.45) is 0 Å². The quantitative estimate of drug-likeness (QED) is 0.794. The van der Waals surface area contributed by atoms with Crippen LogP contribution in [0.2, 0.25) is 0 Å². The van der Waals surface area contributed by atoms with Crippen molar-refractivity contribution in [1.82, 2.24) is 9.97 Å². The van der Waals surface area contributed by atoms with E-state index in [9.17, 15) is 8.78 Å². The highest BCUT2D eigenvalue weighted by molar-refractivity contribution is 9.10. The summed E-state index contributed by atoms with van der Waals surface area (Å²) in [5.74, 6) is 0. The molecule has 2 nitrogen and oxygen atoms in total. The summed E-state index contributed by atoms with van der Waals surface area (Å²) in [5.41, 5.74) is -0.348. The topological polar surface area (TPSA) is 25.8 Å². The zero-order chi connectivity index (χ0) is 8.43. The third kappa shape index (κ3) is 2.16. The summed E-state index contributed by atoms with van der Waals surface area (Å²) in [4.78, 5) is 7.16. The van der Waals surface area contributed by atoms with Gasteiger partial charge in [-0.1, -0.05) is 0 Å². The van der Waals surface area contributed by atoms with Crippen LogP contribution in [-0.4, -0.2) is 9.97 Å². The molecule has 1 heterocycles. The monoisotopic (exact) mass is 286 g/mol. The number of hydrogen-bond donors (Lipinski definition) is 0. The van der Waals surface area contributed by atoms with Gasteiger partial charge in [-0.15, -0.1) is 0 Å². The molecule has 0 fully saturated rings. The van der Waals surface area contributed by atoms with E-state index in [1.165, 1.54) is 6.20 Å². The molecule has 0 amide bonds. The van der Waals surface area contributed by atoms with Crippen LogP contribution in [0, 0.1) is 0 Å². The van der Waals surface area contributed by atoms with E-state index in [4.69, 9.17) is 0 Å². The highest BCUT2D eigenvalue weighted by Gasteiger charge is 2.14. The summed E-state index contributed by atoms with van der Waals surface area (Å²) in [6.45, 7) is 0. The van der Waals surface area contributed by atoms with E-state index in [0.717, 1.165) is 0 Å². The minimum Gasteiger partial charge on any atom is -0.244 e. The molecule has 1 rings (SSSR count). The zero-order valence-electron chi connectivity index (χ0n) is 5.06. The molecule has 0 spiro atoms. The average Bonchev–Trinajstić information content (AvgIpc) is 1.94. The van der Waals surface area contributed by atoms with Crippen molar-refractivity contribution in [3.63, 3.8) is 0 Å². The lowest BCUT2D eigenvalue weighted by atomic mass is 10.5. The average molecular weight is 288 g/mol. The fourth-order valence-corrected chi connectivity index (χ4v) is 1.16. The lowest BCUT2D eigenvalue weighted by Gasteiger charge is -2.00. The standard InChI is InChI=1S/C5H2Br2F2N2/c6-2-1-10-4(7)3(11-2)5(8)9/h1,5H. The Hall–Kier alpha value is -0.100. The summed E-state index contributed by atoms with van der Waals surface area (Å²) < 4.78 is 24.5. The molecule has 0 saturated carbocycles. The molecule has 60 valence electrons. The third-order valence-corrected chi connectivity index (χ3v) is 1.92. The van der Waals surface area contributed by atoms with Gasteiger partial charge in [0.1, 0.15) is 14.9 Å². The lowest BCUT2D eigenvalue weighted by molar-refractivity contribution is 0.144. The Morgan fingerprint density at radius 2 is 2.00 bits per heavy atom. The third-order valence-electron chi connectivity index (χ3n) is 0.930. The number of aromatic nitrogens is 2. The molecular formula is C5H2Br2F2N2. The summed E-state index contributed by atoms with van der Waals surface area (Å²) in [5, 5.41) is 0. The van der Waals surface area contributed by atoms with Crippen LogP contribution in [-0.2, 0) is 0 Å². The van der Waals surface area contributed by atoms with E-state index in [1.54, 1.807) is 0 Å². The Kier molecular flexibility index (Phi) is 2.89. The van der Waals surface area contributed by atoms with Crippen LogP contribution in [0.5, 0.6) is 0 Å². The summed E-state index contributed by atoms with van der Waals surface area (Å²) >= 11 is 5.79. The van der Waals surface area contributed by atoms with Gasteiger partial charge in [-0.2, -0.15) is 0 Å². The molecule has 1 aromatic heterocycles. The molecule has 0 bridgehead atoms. The van der Waals surface area contributed by atoms with Crippen LogP contribution in [0.1, 0.15) is 12.1 Å². The maximum Gasteiger partial charge on any atom is 0.283 e. The number of rotatable bonds is 1. The Balaban J connectivity index is 3.13. The van der Waals surface area contributed by atoms with Crippen molar-refractivity contribution in [2.75, 3.05) is 0 Å². The SMILES string of the molecule is FC(F)c1nc(Br)cnc1Br. The fourth-order valence-electron chi connectivity index (χ4n) is 0.505. The molecule has 1 aromatic rings. The van der Waals surface area contributed by atoms with Crippen molar-refractivity contribution >= 4 is 31.9 Å². The highest BCUT2D eigenvalue weighted by Crippen LogP contribution is 2.24. The Bertz CT molecular complexity index is 267. The van der Waals surface area contributed by atoms with Gasteiger partial charge in [0.05, 0.1) is 6.20 Å². The molecule has 0 radical (unpaired) electrons. The predicted molar refractivity (Wildman–Crippen MR) is 42.4 cm³/mol. The molecule has 0 N–H and O–H groups in total. The van der Waals surface area contributed by atoms with Gasteiger partial charge in [0, 0.05) is 0 Å². The summed E-state index contributed by atoms with van der Waals surface area (Å²) in [7, 11) is 0. The van der Waals surface area contributed by atoms with Gasteiger partial charge in [0.2, 0.25) is 0 Å². The second-order valence-electron chi connectivity index (χ2n) is 1.67. The first kappa shape index (κ1) is 8.99. The number of halogens is 4. The van der Waals surface area contributed by atoms with E-state index in [2.05, 4.69) is 41.8 Å². The van der Waals surface area contributed by atoms with Crippen molar-refractivity contribution in [3.05, 3.63) is 21.1 Å². The van der Waals surface area contributed by atoms with Crippen LogP contribution in [0.3, 0.4) is 0 Å². The van der Waals surface area contributed by atoms with Crippen molar-refractivity contribution < 1.29 is 8.78 Å². The van der Waals surface area contributed by atoms with Gasteiger partial charge in [-0.05, 0) is 31.9 Å². The highest BCUT2D eigenvalue weighted by atomic mass is 79.9. The summed E-state index contributed by atoms with van der Waals surface area (Å²) in [6, 6.07) is 0. The molecule has 0 aromatic carbocycles. The maximum atomic E-state index is 12.1. The predicted octanol–water partition coefficient (Wildman–Crippen LogP) is 2.94. The smallest absolute Gasteiger partial charge is 0.244 e. The molecule has 0 aliphatic heterocycles. The molecule has 0 atom stereocenters. The van der Waals surface area contributed by atoms with Gasteiger partial charge in [0.25, 0.3) is 6.43 Å².